The van der Waals surface area contributed by atoms with E-state index in [2.05, 4.69) is 10.5 Å². The zero-order valence-electron chi connectivity index (χ0n) is 12.3. The van der Waals surface area contributed by atoms with Crippen LogP contribution in [-0.4, -0.2) is 11.1 Å². The molecule has 118 valence electrons. The molecule has 6 heteroatoms. The molecule has 1 amide bonds. The number of amides is 1. The summed E-state index contributed by atoms with van der Waals surface area (Å²) in [6, 6.07) is 9.89. The molecule has 2 aromatic heterocycles. The highest BCUT2D eigenvalue weighted by Crippen LogP contribution is 2.25. The van der Waals surface area contributed by atoms with Crippen LogP contribution >= 0.6 is 0 Å². The summed E-state index contributed by atoms with van der Waals surface area (Å²) in [4.78, 5) is 11.9. The zero-order chi connectivity index (χ0) is 16.1. The maximum atomic E-state index is 13.8. The summed E-state index contributed by atoms with van der Waals surface area (Å²) in [6.45, 7) is 0.343. The van der Waals surface area contributed by atoms with Crippen molar-refractivity contribution in [3.05, 3.63) is 66.1 Å². The molecule has 0 aliphatic heterocycles. The van der Waals surface area contributed by atoms with Gasteiger partial charge in [0, 0.05) is 17.5 Å². The average Bonchev–Trinajstić information content (AvgIpc) is 3.23. The van der Waals surface area contributed by atoms with Crippen molar-refractivity contribution in [1.82, 2.24) is 10.5 Å². The lowest BCUT2D eigenvalue weighted by Crippen LogP contribution is -2.22. The summed E-state index contributed by atoms with van der Waals surface area (Å²) in [5.41, 5.74) is 1.50. The van der Waals surface area contributed by atoms with Crippen LogP contribution in [0.4, 0.5) is 4.39 Å². The molecule has 3 aromatic rings. The number of nitrogens with one attached hydrogen (secondary N) is 1. The van der Waals surface area contributed by atoms with Crippen molar-refractivity contribution in [3.63, 3.8) is 0 Å². The van der Waals surface area contributed by atoms with E-state index in [4.69, 9.17) is 8.94 Å². The van der Waals surface area contributed by atoms with Crippen LogP contribution in [0.15, 0.2) is 57.9 Å². The van der Waals surface area contributed by atoms with Gasteiger partial charge in [-0.1, -0.05) is 17.3 Å². The molecule has 0 bridgehead atoms. The van der Waals surface area contributed by atoms with Crippen LogP contribution in [0.5, 0.6) is 0 Å². The lowest BCUT2D eigenvalue weighted by Gasteiger charge is -2.04. The van der Waals surface area contributed by atoms with Gasteiger partial charge in [0.15, 0.2) is 0 Å². The fourth-order valence-electron chi connectivity index (χ4n) is 2.25. The second-order valence-corrected chi connectivity index (χ2v) is 5.02. The number of nitrogens with zero attached hydrogens (tertiary/aromatic N) is 1. The Morgan fingerprint density at radius 3 is 2.87 bits per heavy atom. The van der Waals surface area contributed by atoms with Crippen LogP contribution in [0.2, 0.25) is 0 Å². The largest absolute Gasteiger partial charge is 0.467 e. The molecule has 0 saturated carbocycles. The van der Waals surface area contributed by atoms with Gasteiger partial charge in [0.05, 0.1) is 12.8 Å². The van der Waals surface area contributed by atoms with Crippen LogP contribution in [0.25, 0.3) is 11.3 Å². The Labute approximate surface area is 132 Å². The van der Waals surface area contributed by atoms with Gasteiger partial charge in [0.2, 0.25) is 5.91 Å². The third-order valence-corrected chi connectivity index (χ3v) is 3.43. The summed E-state index contributed by atoms with van der Waals surface area (Å²) in [6.07, 6.45) is 3.67. The molecule has 0 aliphatic rings. The number of aryl methyl sites for hydroxylation is 1. The van der Waals surface area contributed by atoms with Crippen molar-refractivity contribution in [2.24, 2.45) is 0 Å². The maximum absolute atomic E-state index is 13.8. The minimum atomic E-state index is -0.370. The maximum Gasteiger partial charge on any atom is 0.220 e. The van der Waals surface area contributed by atoms with Gasteiger partial charge in [-0.25, -0.2) is 4.39 Å². The molecule has 0 spiro atoms. The minimum absolute atomic E-state index is 0.123. The molecule has 2 heterocycles. The van der Waals surface area contributed by atoms with E-state index in [1.54, 1.807) is 36.6 Å². The van der Waals surface area contributed by atoms with Gasteiger partial charge in [0.25, 0.3) is 0 Å². The van der Waals surface area contributed by atoms with E-state index in [0.717, 1.165) is 0 Å². The Hall–Kier alpha value is -2.89. The smallest absolute Gasteiger partial charge is 0.220 e. The number of carbonyl (C=O) groups excluding carboxylic acids is 1. The summed E-state index contributed by atoms with van der Waals surface area (Å²) in [7, 11) is 0. The van der Waals surface area contributed by atoms with Crippen LogP contribution in [0, 0.1) is 5.82 Å². The van der Waals surface area contributed by atoms with E-state index >= 15 is 0 Å². The number of furan rings is 1. The Kier molecular flexibility index (Phi) is 4.52. The van der Waals surface area contributed by atoms with E-state index in [1.165, 1.54) is 12.3 Å². The molecule has 0 radical (unpaired) electrons. The first kappa shape index (κ1) is 15.0. The average molecular weight is 314 g/mol. The molecule has 1 aromatic carbocycles. The number of benzene rings is 1. The Morgan fingerprint density at radius 1 is 1.22 bits per heavy atom. The topological polar surface area (TPSA) is 68.3 Å². The number of aromatic nitrogens is 1. The van der Waals surface area contributed by atoms with Gasteiger partial charge in [0.1, 0.15) is 23.5 Å². The van der Waals surface area contributed by atoms with Crippen molar-refractivity contribution in [2.45, 2.75) is 19.4 Å². The number of hydrogen-bond acceptors (Lipinski definition) is 4. The lowest BCUT2D eigenvalue weighted by atomic mass is 10.0. The number of halogens is 1. The number of carbonyl (C=O) groups is 1. The van der Waals surface area contributed by atoms with Gasteiger partial charge in [-0.3, -0.25) is 4.79 Å². The lowest BCUT2D eigenvalue weighted by molar-refractivity contribution is -0.121. The Morgan fingerprint density at radius 2 is 2.09 bits per heavy atom. The van der Waals surface area contributed by atoms with Crippen LogP contribution in [0.3, 0.4) is 0 Å². The Bertz CT molecular complexity index is 781. The first-order valence-corrected chi connectivity index (χ1v) is 7.21. The predicted molar refractivity (Wildman–Crippen MR) is 80.8 cm³/mol. The first-order chi connectivity index (χ1) is 11.2. The summed E-state index contributed by atoms with van der Waals surface area (Å²) in [5.74, 6) is 0.197. The normalized spacial score (nSPS) is 10.7. The van der Waals surface area contributed by atoms with E-state index in [-0.39, 0.29) is 18.1 Å². The van der Waals surface area contributed by atoms with Gasteiger partial charge in [-0.05, 0) is 30.7 Å². The van der Waals surface area contributed by atoms with Gasteiger partial charge >= 0.3 is 0 Å². The van der Waals surface area contributed by atoms with Crippen molar-refractivity contribution in [3.8, 4) is 11.3 Å². The summed E-state index contributed by atoms with van der Waals surface area (Å²) in [5, 5.41) is 6.61. The van der Waals surface area contributed by atoms with Crippen molar-refractivity contribution >= 4 is 5.91 Å². The van der Waals surface area contributed by atoms with Crippen LogP contribution < -0.4 is 5.32 Å². The van der Waals surface area contributed by atoms with Crippen LogP contribution in [-0.2, 0) is 17.8 Å². The fourth-order valence-corrected chi connectivity index (χ4v) is 2.25. The predicted octanol–water partition coefficient (Wildman–Crippen LogP) is 3.32. The van der Waals surface area contributed by atoms with Gasteiger partial charge in [-0.15, -0.1) is 0 Å². The molecule has 0 saturated heterocycles. The SMILES string of the molecule is O=C(CCc1conc1-c1ccccc1F)NCc1ccco1. The highest BCUT2D eigenvalue weighted by atomic mass is 19.1. The quantitative estimate of drug-likeness (QED) is 0.758. The molecule has 0 atom stereocenters. The van der Waals surface area contributed by atoms with Gasteiger partial charge < -0.3 is 14.3 Å². The number of hydrogen-bond donors (Lipinski definition) is 1. The second kappa shape index (κ2) is 6.91. The molecule has 1 N–H and O–H groups in total. The standard InChI is InChI=1S/C17H15FN2O3/c18-15-6-2-1-5-14(15)17-12(11-23-20-17)7-8-16(21)19-10-13-4-3-9-22-13/h1-6,9,11H,7-8,10H2,(H,19,21). The molecule has 5 nitrogen and oxygen atoms in total. The van der Waals surface area contributed by atoms with Crippen molar-refractivity contribution < 1.29 is 18.1 Å². The highest BCUT2D eigenvalue weighted by molar-refractivity contribution is 5.76. The Balaban J connectivity index is 1.60. The monoisotopic (exact) mass is 314 g/mol. The minimum Gasteiger partial charge on any atom is -0.467 e. The molecule has 0 unspecified atom stereocenters. The molecular weight excluding hydrogens is 299 g/mol. The van der Waals surface area contributed by atoms with Crippen molar-refractivity contribution in [2.75, 3.05) is 0 Å². The summed E-state index contributed by atoms with van der Waals surface area (Å²) >= 11 is 0. The van der Waals surface area contributed by atoms with Crippen LogP contribution in [0.1, 0.15) is 17.7 Å². The summed E-state index contributed by atoms with van der Waals surface area (Å²) < 4.78 is 23.9. The third-order valence-electron chi connectivity index (χ3n) is 3.43. The molecule has 0 fully saturated rings. The molecule has 0 aliphatic carbocycles. The number of rotatable bonds is 6. The van der Waals surface area contributed by atoms with Gasteiger partial charge in [-0.2, -0.15) is 0 Å². The zero-order valence-corrected chi connectivity index (χ0v) is 12.3. The fraction of sp³-hybridized carbons (Fsp3) is 0.176. The van der Waals surface area contributed by atoms with E-state index in [9.17, 15) is 9.18 Å². The van der Waals surface area contributed by atoms with E-state index < -0.39 is 0 Å². The first-order valence-electron chi connectivity index (χ1n) is 7.21. The van der Waals surface area contributed by atoms with Crippen molar-refractivity contribution in [1.29, 1.82) is 0 Å². The molecular formula is C17H15FN2O3. The molecule has 3 rings (SSSR count). The van der Waals surface area contributed by atoms with E-state index in [0.29, 0.717) is 35.5 Å². The molecule has 23 heavy (non-hydrogen) atoms. The highest BCUT2D eigenvalue weighted by Gasteiger charge is 2.15. The third kappa shape index (κ3) is 3.66. The van der Waals surface area contributed by atoms with E-state index in [1.807, 2.05) is 0 Å². The second-order valence-electron chi connectivity index (χ2n) is 5.02.